The van der Waals surface area contributed by atoms with E-state index in [9.17, 15) is 0 Å². The first-order valence-electron chi connectivity index (χ1n) is 6.62. The van der Waals surface area contributed by atoms with Gasteiger partial charge < -0.3 is 14.6 Å². The molecule has 1 aromatic heterocycles. The van der Waals surface area contributed by atoms with E-state index in [2.05, 4.69) is 31.2 Å². The molecule has 0 saturated heterocycles. The number of rotatable bonds is 7. The average Bonchev–Trinajstić information content (AvgIpc) is 2.60. The summed E-state index contributed by atoms with van der Waals surface area (Å²) in [5.74, 6) is 1.48. The van der Waals surface area contributed by atoms with E-state index in [0.29, 0.717) is 18.0 Å². The van der Waals surface area contributed by atoms with E-state index in [1.54, 1.807) is 7.11 Å². The molecule has 104 valence electrons. The Morgan fingerprint density at radius 1 is 1.28 bits per heavy atom. The van der Waals surface area contributed by atoms with Gasteiger partial charge in [-0.3, -0.25) is 0 Å². The smallest absolute Gasteiger partial charge is 0.137 e. The number of hydrogen-bond acceptors (Lipinski definition) is 4. The average molecular weight is 254 g/mol. The molecule has 1 rings (SSSR count). The largest absolute Gasteiger partial charge is 0.383 e. The first kappa shape index (κ1) is 15.2. The van der Waals surface area contributed by atoms with Crippen molar-refractivity contribution in [1.29, 1.82) is 0 Å². The zero-order chi connectivity index (χ0) is 13.7. The van der Waals surface area contributed by atoms with Gasteiger partial charge in [0.15, 0.2) is 0 Å². The number of hydrogen-bond donors (Lipinski definition) is 1. The molecule has 0 radical (unpaired) electrons. The van der Waals surface area contributed by atoms with Gasteiger partial charge in [0.25, 0.3) is 0 Å². The van der Waals surface area contributed by atoms with Crippen molar-refractivity contribution < 1.29 is 9.26 Å². The summed E-state index contributed by atoms with van der Waals surface area (Å²) >= 11 is 0. The SMILES string of the molecule is COC[C@@H](N[C@@H](C)Cc1c(C)noc1C)C(C)C. The van der Waals surface area contributed by atoms with Gasteiger partial charge >= 0.3 is 0 Å². The van der Waals surface area contributed by atoms with Crippen molar-refractivity contribution in [2.75, 3.05) is 13.7 Å². The molecule has 0 amide bonds. The van der Waals surface area contributed by atoms with Gasteiger partial charge in [0, 0.05) is 24.8 Å². The topological polar surface area (TPSA) is 47.3 Å². The maximum atomic E-state index is 5.26. The van der Waals surface area contributed by atoms with Crippen molar-refractivity contribution in [3.05, 3.63) is 17.0 Å². The molecule has 0 unspecified atom stereocenters. The molecule has 18 heavy (non-hydrogen) atoms. The molecule has 4 heteroatoms. The maximum Gasteiger partial charge on any atom is 0.137 e. The fourth-order valence-corrected chi connectivity index (χ4v) is 2.14. The highest BCUT2D eigenvalue weighted by Gasteiger charge is 2.18. The molecule has 0 aliphatic carbocycles. The molecular formula is C14H26N2O2. The Labute approximate surface area is 110 Å². The Morgan fingerprint density at radius 2 is 1.94 bits per heavy atom. The van der Waals surface area contributed by atoms with Gasteiger partial charge in [0.1, 0.15) is 5.76 Å². The van der Waals surface area contributed by atoms with Crippen LogP contribution in [0.25, 0.3) is 0 Å². The lowest BCUT2D eigenvalue weighted by Crippen LogP contribution is -2.43. The maximum absolute atomic E-state index is 5.26. The second-order valence-corrected chi connectivity index (χ2v) is 5.38. The Balaban J connectivity index is 2.57. The van der Waals surface area contributed by atoms with Gasteiger partial charge in [0.05, 0.1) is 12.3 Å². The lowest BCUT2D eigenvalue weighted by Gasteiger charge is -2.25. The van der Waals surface area contributed by atoms with E-state index in [0.717, 1.165) is 24.5 Å². The van der Waals surface area contributed by atoms with Crippen molar-refractivity contribution in [2.45, 2.75) is 53.1 Å². The number of aromatic nitrogens is 1. The first-order valence-corrected chi connectivity index (χ1v) is 6.62. The van der Waals surface area contributed by atoms with Crippen LogP contribution >= 0.6 is 0 Å². The number of aryl methyl sites for hydroxylation is 2. The normalized spacial score (nSPS) is 15.1. The summed E-state index contributed by atoms with van der Waals surface area (Å²) in [7, 11) is 1.75. The van der Waals surface area contributed by atoms with Crippen LogP contribution in [0.2, 0.25) is 0 Å². The molecule has 1 aromatic rings. The van der Waals surface area contributed by atoms with Crippen LogP contribution < -0.4 is 5.32 Å². The summed E-state index contributed by atoms with van der Waals surface area (Å²) in [6.45, 7) is 11.3. The molecule has 0 aromatic carbocycles. The number of ether oxygens (including phenoxy) is 1. The minimum Gasteiger partial charge on any atom is -0.383 e. The van der Waals surface area contributed by atoms with Crippen LogP contribution in [-0.2, 0) is 11.2 Å². The molecule has 4 nitrogen and oxygen atoms in total. The Morgan fingerprint density at radius 3 is 2.39 bits per heavy atom. The van der Waals surface area contributed by atoms with Crippen LogP contribution in [0.1, 0.15) is 37.8 Å². The number of methoxy groups -OCH3 is 1. The van der Waals surface area contributed by atoms with Crippen LogP contribution in [-0.4, -0.2) is 31.0 Å². The summed E-state index contributed by atoms with van der Waals surface area (Å²) in [6, 6.07) is 0.759. The highest BCUT2D eigenvalue weighted by molar-refractivity contribution is 5.21. The van der Waals surface area contributed by atoms with E-state index in [1.807, 2.05) is 13.8 Å². The Kier molecular flexibility index (Phi) is 5.82. The molecule has 1 heterocycles. The number of nitrogens with one attached hydrogen (secondary N) is 1. The molecule has 0 fully saturated rings. The summed E-state index contributed by atoms with van der Waals surface area (Å²) < 4.78 is 10.4. The third-order valence-electron chi connectivity index (χ3n) is 3.34. The molecule has 0 spiro atoms. The standard InChI is InChI=1S/C14H26N2O2/c1-9(2)14(8-17-6)15-10(3)7-13-11(4)16-18-12(13)5/h9-10,14-15H,7-8H2,1-6H3/t10-,14+/m0/s1. The van der Waals surface area contributed by atoms with Crippen LogP contribution in [0.3, 0.4) is 0 Å². The third kappa shape index (κ3) is 4.10. The van der Waals surface area contributed by atoms with Crippen molar-refractivity contribution in [3.8, 4) is 0 Å². The zero-order valence-corrected chi connectivity index (χ0v) is 12.4. The third-order valence-corrected chi connectivity index (χ3v) is 3.34. The summed E-state index contributed by atoms with van der Waals surface area (Å²) in [4.78, 5) is 0. The second kappa shape index (κ2) is 6.90. The van der Waals surface area contributed by atoms with Gasteiger partial charge in [-0.25, -0.2) is 0 Å². The van der Waals surface area contributed by atoms with Gasteiger partial charge in [-0.2, -0.15) is 0 Å². The predicted octanol–water partition coefficient (Wildman–Crippen LogP) is 2.48. The van der Waals surface area contributed by atoms with Crippen molar-refractivity contribution >= 4 is 0 Å². The van der Waals surface area contributed by atoms with E-state index >= 15 is 0 Å². The number of nitrogens with zero attached hydrogens (tertiary/aromatic N) is 1. The lowest BCUT2D eigenvalue weighted by atomic mass is 10.0. The Bertz CT molecular complexity index is 341. The quantitative estimate of drug-likeness (QED) is 0.812. The molecule has 2 atom stereocenters. The fourth-order valence-electron chi connectivity index (χ4n) is 2.14. The van der Waals surface area contributed by atoms with Crippen LogP contribution in [0.4, 0.5) is 0 Å². The van der Waals surface area contributed by atoms with E-state index in [-0.39, 0.29) is 0 Å². The fraction of sp³-hybridized carbons (Fsp3) is 0.786. The van der Waals surface area contributed by atoms with Gasteiger partial charge in [-0.05, 0) is 33.1 Å². The molecule has 0 bridgehead atoms. The predicted molar refractivity (Wildman–Crippen MR) is 72.8 cm³/mol. The van der Waals surface area contributed by atoms with E-state index < -0.39 is 0 Å². The first-order chi connectivity index (χ1) is 8.45. The molecule has 0 aliphatic heterocycles. The molecule has 1 N–H and O–H groups in total. The van der Waals surface area contributed by atoms with E-state index in [4.69, 9.17) is 9.26 Å². The van der Waals surface area contributed by atoms with Gasteiger partial charge in [0.2, 0.25) is 0 Å². The van der Waals surface area contributed by atoms with Gasteiger partial charge in [-0.15, -0.1) is 0 Å². The molecule has 0 aliphatic rings. The monoisotopic (exact) mass is 254 g/mol. The summed E-state index contributed by atoms with van der Waals surface area (Å²) in [5, 5.41) is 7.61. The summed E-state index contributed by atoms with van der Waals surface area (Å²) in [5.41, 5.74) is 2.21. The summed E-state index contributed by atoms with van der Waals surface area (Å²) in [6.07, 6.45) is 0.939. The Hall–Kier alpha value is -0.870. The highest BCUT2D eigenvalue weighted by atomic mass is 16.5. The van der Waals surface area contributed by atoms with Crippen molar-refractivity contribution in [3.63, 3.8) is 0 Å². The zero-order valence-electron chi connectivity index (χ0n) is 12.4. The second-order valence-electron chi connectivity index (χ2n) is 5.38. The van der Waals surface area contributed by atoms with E-state index in [1.165, 1.54) is 5.56 Å². The van der Waals surface area contributed by atoms with Crippen LogP contribution in [0.15, 0.2) is 4.52 Å². The highest BCUT2D eigenvalue weighted by Crippen LogP contribution is 2.15. The lowest BCUT2D eigenvalue weighted by molar-refractivity contribution is 0.141. The van der Waals surface area contributed by atoms with Gasteiger partial charge in [-0.1, -0.05) is 19.0 Å². The minimum absolute atomic E-state index is 0.379. The van der Waals surface area contributed by atoms with Crippen molar-refractivity contribution in [2.24, 2.45) is 5.92 Å². The molecule has 0 saturated carbocycles. The minimum atomic E-state index is 0.379. The molecular weight excluding hydrogens is 228 g/mol. The van der Waals surface area contributed by atoms with Crippen LogP contribution in [0, 0.1) is 19.8 Å². The van der Waals surface area contributed by atoms with Crippen molar-refractivity contribution in [1.82, 2.24) is 10.5 Å². The van der Waals surface area contributed by atoms with Crippen LogP contribution in [0.5, 0.6) is 0 Å².